The maximum atomic E-state index is 12.3. The number of nitrogens with zero attached hydrogens (tertiary/aromatic N) is 2. The molecule has 0 unspecified atom stereocenters. The van der Waals surface area contributed by atoms with Crippen LogP contribution >= 0.6 is 0 Å². The second-order valence-electron chi connectivity index (χ2n) is 6.33. The highest BCUT2D eigenvalue weighted by Gasteiger charge is 2.39. The molecule has 1 aliphatic carbocycles. The third-order valence-corrected chi connectivity index (χ3v) is 6.90. The molecule has 6 nitrogen and oxygen atoms in total. The van der Waals surface area contributed by atoms with E-state index in [1.807, 2.05) is 6.92 Å². The molecule has 1 saturated carbocycles. The van der Waals surface area contributed by atoms with E-state index in [1.54, 1.807) is 4.90 Å². The zero-order chi connectivity index (χ0) is 15.5. The molecule has 0 bridgehead atoms. The average molecular weight is 317 g/mol. The van der Waals surface area contributed by atoms with Crippen molar-refractivity contribution in [3.8, 4) is 0 Å². The summed E-state index contributed by atoms with van der Waals surface area (Å²) >= 11 is 0. The lowest BCUT2D eigenvalue weighted by Gasteiger charge is -2.42. The zero-order valence-electron chi connectivity index (χ0n) is 12.9. The van der Waals surface area contributed by atoms with Gasteiger partial charge in [0.1, 0.15) is 0 Å². The highest BCUT2D eigenvalue weighted by Crippen LogP contribution is 2.43. The number of nitrogens with two attached hydrogens (primary N) is 1. The van der Waals surface area contributed by atoms with Crippen molar-refractivity contribution >= 4 is 15.9 Å². The van der Waals surface area contributed by atoms with Gasteiger partial charge in [-0.15, -0.1) is 0 Å². The first-order valence-electron chi connectivity index (χ1n) is 7.88. The number of hydrogen-bond acceptors (Lipinski definition) is 4. The summed E-state index contributed by atoms with van der Waals surface area (Å²) in [7, 11) is -3.14. The van der Waals surface area contributed by atoms with Crippen molar-refractivity contribution < 1.29 is 13.2 Å². The van der Waals surface area contributed by atoms with Gasteiger partial charge in [0.05, 0.1) is 5.75 Å². The van der Waals surface area contributed by atoms with E-state index in [9.17, 15) is 13.2 Å². The molecule has 0 radical (unpaired) electrons. The molecule has 0 aromatic rings. The molecular formula is C14H27N3O3S. The van der Waals surface area contributed by atoms with Gasteiger partial charge in [-0.25, -0.2) is 8.42 Å². The number of carbonyl (C=O) groups excluding carboxylic acids is 1. The van der Waals surface area contributed by atoms with Gasteiger partial charge in [0.2, 0.25) is 15.9 Å². The van der Waals surface area contributed by atoms with E-state index in [0.29, 0.717) is 45.6 Å². The Morgan fingerprint density at radius 1 is 1.19 bits per heavy atom. The number of hydrogen-bond donors (Lipinski definition) is 1. The molecule has 0 atom stereocenters. The van der Waals surface area contributed by atoms with Crippen LogP contribution < -0.4 is 5.73 Å². The average Bonchev–Trinajstić information content (AvgIpc) is 2.43. The van der Waals surface area contributed by atoms with Gasteiger partial charge < -0.3 is 10.6 Å². The molecule has 7 heteroatoms. The van der Waals surface area contributed by atoms with Gasteiger partial charge >= 0.3 is 0 Å². The maximum absolute atomic E-state index is 12.3. The van der Waals surface area contributed by atoms with E-state index < -0.39 is 10.0 Å². The van der Waals surface area contributed by atoms with Crippen molar-refractivity contribution in [3.63, 3.8) is 0 Å². The van der Waals surface area contributed by atoms with Crippen LogP contribution in [0.4, 0.5) is 0 Å². The van der Waals surface area contributed by atoms with E-state index in [2.05, 4.69) is 0 Å². The lowest BCUT2D eigenvalue weighted by atomic mass is 9.66. The van der Waals surface area contributed by atoms with Gasteiger partial charge in [0.25, 0.3) is 0 Å². The van der Waals surface area contributed by atoms with Gasteiger partial charge in [-0.3, -0.25) is 4.79 Å². The summed E-state index contributed by atoms with van der Waals surface area (Å²) < 4.78 is 25.5. The molecule has 0 aromatic heterocycles. The van der Waals surface area contributed by atoms with Crippen molar-refractivity contribution in [2.45, 2.75) is 39.0 Å². The normalized spacial score (nSPS) is 22.9. The first kappa shape index (κ1) is 16.7. The lowest BCUT2D eigenvalue weighted by molar-refractivity contribution is -0.136. The largest absolute Gasteiger partial charge is 0.340 e. The highest BCUT2D eigenvalue weighted by atomic mass is 32.2. The minimum absolute atomic E-state index is 0.0164. The van der Waals surface area contributed by atoms with E-state index in [-0.39, 0.29) is 17.1 Å². The van der Waals surface area contributed by atoms with Crippen molar-refractivity contribution in [3.05, 3.63) is 0 Å². The van der Waals surface area contributed by atoms with Crippen LogP contribution in [0.5, 0.6) is 0 Å². The minimum atomic E-state index is -3.14. The summed E-state index contributed by atoms with van der Waals surface area (Å²) in [6.07, 6.45) is 4.39. The van der Waals surface area contributed by atoms with Gasteiger partial charge in [-0.2, -0.15) is 4.31 Å². The monoisotopic (exact) mass is 317 g/mol. The van der Waals surface area contributed by atoms with Crippen LogP contribution in [0.1, 0.15) is 39.0 Å². The SMILES string of the molecule is CCCS(=O)(=O)N1CCN(C(=O)CC2(CN)CCC2)CC1. The maximum Gasteiger partial charge on any atom is 0.223 e. The molecule has 21 heavy (non-hydrogen) atoms. The van der Waals surface area contributed by atoms with Crippen molar-refractivity contribution in [2.75, 3.05) is 38.5 Å². The fraction of sp³-hybridized carbons (Fsp3) is 0.929. The second-order valence-corrected chi connectivity index (χ2v) is 8.42. The molecule has 1 saturated heterocycles. The van der Waals surface area contributed by atoms with Crippen LogP contribution in [-0.4, -0.2) is 62.0 Å². The molecule has 2 N–H and O–H groups in total. The Kier molecular flexibility index (Phi) is 5.27. The molecule has 1 heterocycles. The fourth-order valence-electron chi connectivity index (χ4n) is 3.17. The van der Waals surface area contributed by atoms with Crippen LogP contribution in [-0.2, 0) is 14.8 Å². The topological polar surface area (TPSA) is 83.7 Å². The summed E-state index contributed by atoms with van der Waals surface area (Å²) in [5.41, 5.74) is 5.82. The standard InChI is InChI=1S/C14H27N3O3S/c1-2-10-21(19,20)17-8-6-16(7-9-17)13(18)11-14(12-15)4-3-5-14/h2-12,15H2,1H3. The summed E-state index contributed by atoms with van der Waals surface area (Å²) in [5.74, 6) is 0.324. The Morgan fingerprint density at radius 3 is 2.24 bits per heavy atom. The van der Waals surface area contributed by atoms with Gasteiger partial charge in [-0.05, 0) is 31.2 Å². The smallest absolute Gasteiger partial charge is 0.223 e. The number of piperazine rings is 1. The van der Waals surface area contributed by atoms with Crippen LogP contribution in [0.2, 0.25) is 0 Å². The Hall–Kier alpha value is -0.660. The van der Waals surface area contributed by atoms with Gasteiger partial charge in [0, 0.05) is 32.6 Å². The van der Waals surface area contributed by atoms with Crippen LogP contribution in [0.3, 0.4) is 0 Å². The van der Waals surface area contributed by atoms with Crippen LogP contribution in [0, 0.1) is 5.41 Å². The third-order valence-electron chi connectivity index (χ3n) is 4.82. The molecule has 0 aromatic carbocycles. The van der Waals surface area contributed by atoms with E-state index in [1.165, 1.54) is 4.31 Å². The summed E-state index contributed by atoms with van der Waals surface area (Å²) in [6.45, 7) is 4.28. The van der Waals surface area contributed by atoms with Crippen LogP contribution in [0.15, 0.2) is 0 Å². The van der Waals surface area contributed by atoms with Crippen molar-refractivity contribution in [1.29, 1.82) is 0 Å². The number of sulfonamides is 1. The molecule has 1 aliphatic heterocycles. The van der Waals surface area contributed by atoms with E-state index >= 15 is 0 Å². The predicted molar refractivity (Wildman–Crippen MR) is 82.2 cm³/mol. The Balaban J connectivity index is 1.85. The Morgan fingerprint density at radius 2 is 1.81 bits per heavy atom. The Bertz CT molecular complexity index is 460. The molecule has 2 fully saturated rings. The van der Waals surface area contributed by atoms with Crippen molar-refractivity contribution in [2.24, 2.45) is 11.1 Å². The summed E-state index contributed by atoms with van der Waals surface area (Å²) in [6, 6.07) is 0. The fourth-order valence-corrected chi connectivity index (χ4v) is 4.66. The predicted octanol–water partition coefficient (Wildman–Crippen LogP) is 0.390. The van der Waals surface area contributed by atoms with Gasteiger partial charge in [-0.1, -0.05) is 13.3 Å². The number of carbonyl (C=O) groups is 1. The van der Waals surface area contributed by atoms with E-state index in [4.69, 9.17) is 5.73 Å². The highest BCUT2D eigenvalue weighted by molar-refractivity contribution is 7.89. The van der Waals surface area contributed by atoms with E-state index in [0.717, 1.165) is 19.3 Å². The molecule has 2 aliphatic rings. The zero-order valence-corrected chi connectivity index (χ0v) is 13.7. The second kappa shape index (κ2) is 6.62. The summed E-state index contributed by atoms with van der Waals surface area (Å²) in [5, 5.41) is 0. The lowest BCUT2D eigenvalue weighted by Crippen LogP contribution is -2.52. The van der Waals surface area contributed by atoms with Gasteiger partial charge in [0.15, 0.2) is 0 Å². The first-order chi connectivity index (χ1) is 9.92. The molecule has 0 spiro atoms. The van der Waals surface area contributed by atoms with Crippen molar-refractivity contribution in [1.82, 2.24) is 9.21 Å². The Labute approximate surface area is 127 Å². The quantitative estimate of drug-likeness (QED) is 0.768. The molecule has 2 rings (SSSR count). The molecule has 122 valence electrons. The number of amides is 1. The minimum Gasteiger partial charge on any atom is -0.340 e. The van der Waals surface area contributed by atoms with Crippen LogP contribution in [0.25, 0.3) is 0 Å². The summed E-state index contributed by atoms with van der Waals surface area (Å²) in [4.78, 5) is 14.1. The number of rotatable bonds is 6. The first-order valence-corrected chi connectivity index (χ1v) is 9.49. The molecular weight excluding hydrogens is 290 g/mol. The third kappa shape index (κ3) is 3.76. The molecule has 1 amide bonds.